The molecule has 0 fully saturated rings. The number of hydrogen-bond acceptors (Lipinski definition) is 6. The van der Waals surface area contributed by atoms with Crippen molar-refractivity contribution in [2.24, 2.45) is 0 Å². The monoisotopic (exact) mass is 569 g/mol. The van der Waals surface area contributed by atoms with Crippen LogP contribution < -0.4 is 10.6 Å². The summed E-state index contributed by atoms with van der Waals surface area (Å²) in [5.41, 5.74) is -0.397. The van der Waals surface area contributed by atoms with E-state index in [0.717, 1.165) is 19.3 Å². The molecule has 1 atom stereocenters. The number of unbranched alkanes of at least 4 members (excludes halogenated alkanes) is 14. The molecule has 1 rings (SSSR count). The average Bonchev–Trinajstić information content (AvgIpc) is 2.84. The lowest BCUT2D eigenvalue weighted by Crippen LogP contribution is -2.39. The fraction of sp³-hybridized carbons (Fsp3) is 0.724. The van der Waals surface area contributed by atoms with Gasteiger partial charge in [-0.3, -0.25) is 19.7 Å². The highest BCUT2D eigenvalue weighted by Gasteiger charge is 2.27. The molecule has 224 valence electrons. The molecule has 1 unspecified atom stereocenters. The van der Waals surface area contributed by atoms with Crippen molar-refractivity contribution in [3.63, 3.8) is 0 Å². The number of nitrogens with zero attached hydrogens (tertiary/aromatic N) is 2. The fourth-order valence-corrected chi connectivity index (χ4v) is 5.79. The Morgan fingerprint density at radius 3 is 1.77 bits per heavy atom. The third kappa shape index (κ3) is 17.4. The van der Waals surface area contributed by atoms with Gasteiger partial charge in [0.25, 0.3) is 5.69 Å². The molecule has 10 heteroatoms. The van der Waals surface area contributed by atoms with E-state index < -0.39 is 13.1 Å². The Kier molecular flexibility index (Phi) is 19.9. The van der Waals surface area contributed by atoms with Crippen LogP contribution in [0.3, 0.4) is 0 Å². The molecule has 1 aromatic carbocycles. The second-order valence-electron chi connectivity index (χ2n) is 11.4. The molecule has 0 aliphatic carbocycles. The summed E-state index contributed by atoms with van der Waals surface area (Å²) in [5, 5.41) is 14.2. The minimum absolute atomic E-state index is 0. The van der Waals surface area contributed by atoms with E-state index in [-0.39, 0.29) is 40.1 Å². The van der Waals surface area contributed by atoms with E-state index in [1.165, 1.54) is 95.2 Å². The van der Waals surface area contributed by atoms with Crippen molar-refractivity contribution in [1.82, 2.24) is 0 Å². The Bertz CT molecular complexity index is 860. The molecule has 1 amide bonds. The average molecular weight is 570 g/mol. The lowest BCUT2D eigenvalue weighted by molar-refractivity contribution is -0.861. The summed E-state index contributed by atoms with van der Waals surface area (Å²) in [5.74, 6) is -0.260. The maximum Gasteiger partial charge on any atom is 0.271 e. The molecule has 1 aromatic rings. The summed E-state index contributed by atoms with van der Waals surface area (Å²) in [6.07, 6.45) is 19.0. The molecule has 0 radical (unpaired) electrons. The van der Waals surface area contributed by atoms with Crippen LogP contribution in [0, 0.1) is 10.1 Å². The predicted octanol–water partition coefficient (Wildman–Crippen LogP) is 6.87. The van der Waals surface area contributed by atoms with Crippen molar-refractivity contribution in [3.8, 4) is 0 Å². The van der Waals surface area contributed by atoms with E-state index >= 15 is 0 Å². The van der Waals surface area contributed by atoms with E-state index in [2.05, 4.69) is 12.2 Å². The summed E-state index contributed by atoms with van der Waals surface area (Å²) in [6.45, 7) is 2.37. The number of nitro benzene ring substituents is 1. The van der Waals surface area contributed by atoms with E-state index in [4.69, 9.17) is 0 Å². The number of amides is 1. The summed E-state index contributed by atoms with van der Waals surface area (Å²) >= 11 is 0. The van der Waals surface area contributed by atoms with Crippen LogP contribution in [0.2, 0.25) is 0 Å². The molecule has 0 spiro atoms. The van der Waals surface area contributed by atoms with Crippen LogP contribution in [0.5, 0.6) is 0 Å². The zero-order valence-electron chi connectivity index (χ0n) is 24.6. The lowest BCUT2D eigenvalue weighted by atomic mass is 10.0. The Balaban J connectivity index is 0.0000144. The van der Waals surface area contributed by atoms with Gasteiger partial charge in [0.15, 0.2) is 0 Å². The van der Waals surface area contributed by atoms with E-state index in [1.807, 2.05) is 21.1 Å². The Morgan fingerprint density at radius 2 is 1.33 bits per heavy atom. The molecule has 3 N–H and O–H groups in total. The number of nitrogens with one attached hydrogen (secondary N) is 1. The molecule has 0 aliphatic heterocycles. The van der Waals surface area contributed by atoms with Gasteiger partial charge < -0.3 is 20.2 Å². The number of nitro groups is 1. The quantitative estimate of drug-likeness (QED) is 0.0514. The molecule has 0 aromatic heterocycles. The van der Waals surface area contributed by atoms with Crippen molar-refractivity contribution < 1.29 is 29.4 Å². The lowest BCUT2D eigenvalue weighted by Gasteiger charge is -2.24. The number of carbonyl (C=O) groups excluding carboxylic acids is 2. The predicted molar refractivity (Wildman–Crippen MR) is 160 cm³/mol. The minimum atomic E-state index is -2.21. The molecule has 0 bridgehead atoms. The normalized spacial score (nSPS) is 12.0. The van der Waals surface area contributed by atoms with Crippen LogP contribution in [0.1, 0.15) is 110 Å². The van der Waals surface area contributed by atoms with Gasteiger partial charge >= 0.3 is 0 Å². The van der Waals surface area contributed by atoms with Crippen molar-refractivity contribution in [2.45, 2.75) is 110 Å². The summed E-state index contributed by atoms with van der Waals surface area (Å²) in [4.78, 5) is 46.5. The summed E-state index contributed by atoms with van der Waals surface area (Å²) in [7, 11) is 3.32. The topological polar surface area (TPSA) is 140 Å². The highest BCUT2D eigenvalue weighted by molar-refractivity contribution is 7.76. The molecule has 0 saturated heterocycles. The molecule has 0 aliphatic rings. The molecule has 39 heavy (non-hydrogen) atoms. The number of carbonyl (C=O) groups is 2. The fourth-order valence-electron chi connectivity index (χ4n) is 4.40. The van der Waals surface area contributed by atoms with Gasteiger partial charge in [-0.25, -0.2) is 0 Å². The van der Waals surface area contributed by atoms with E-state index in [9.17, 15) is 24.6 Å². The van der Waals surface area contributed by atoms with Crippen LogP contribution in [0.15, 0.2) is 18.2 Å². The number of rotatable bonds is 22. The van der Waals surface area contributed by atoms with Gasteiger partial charge in [-0.1, -0.05) is 96.8 Å². The highest BCUT2D eigenvalue weighted by Crippen LogP contribution is 2.35. The largest absolute Gasteiger partial charge is 0.870 e. The molecule has 9 nitrogen and oxygen atoms in total. The van der Waals surface area contributed by atoms with Crippen LogP contribution in [0.25, 0.3) is 0 Å². The van der Waals surface area contributed by atoms with E-state index in [0.29, 0.717) is 10.9 Å². The Hall–Kier alpha value is -1.93. The zero-order valence-corrected chi connectivity index (χ0v) is 25.5. The zero-order chi connectivity index (χ0) is 28.4. The third-order valence-electron chi connectivity index (χ3n) is 6.55. The highest BCUT2D eigenvalue weighted by atomic mass is 31.1. The second kappa shape index (κ2) is 20.9. The molecular formula is C29H52N3O6P. The standard InChI is InChI=1S/C29H50N3O5P.H2O/c1-5-6-7-8-9-10-11-12-13-14-15-16-17-18-19-20-28(33)30-26-23-25(31(35)36)21-22-27(26)38(37)29(34)24-32(2,3)4;/h21-23,37H,5-20,24H2,1-4H3;1H2. The van der Waals surface area contributed by atoms with Crippen LogP contribution in [-0.2, 0) is 9.59 Å². The maximum absolute atomic E-state index is 12.6. The second-order valence-corrected chi connectivity index (χ2v) is 13.0. The Labute approximate surface area is 236 Å². The first kappa shape index (κ1) is 37.1. The number of likely N-dealkylation sites (N-methyl/N-ethyl adjacent to an activating group) is 1. The molecular weight excluding hydrogens is 517 g/mol. The summed E-state index contributed by atoms with van der Waals surface area (Å²) in [6, 6.07) is 3.86. The van der Waals surface area contributed by atoms with Gasteiger partial charge in [0, 0.05) is 23.9 Å². The summed E-state index contributed by atoms with van der Waals surface area (Å²) < 4.78 is 0.353. The SMILES string of the molecule is CCCCCCCCCCCCCCCCCC(=O)Nc1cc([N+](=O)[O-])ccc1P(O)C(=O)C[N+](C)(C)C.[OH-]. The first-order valence-corrected chi connectivity index (χ1v) is 15.7. The van der Waals surface area contributed by atoms with Crippen LogP contribution in [-0.4, -0.2) is 58.9 Å². The van der Waals surface area contributed by atoms with Crippen molar-refractivity contribution >= 4 is 36.3 Å². The number of benzene rings is 1. The smallest absolute Gasteiger partial charge is 0.271 e. The van der Waals surface area contributed by atoms with Crippen molar-refractivity contribution in [2.75, 3.05) is 33.0 Å². The van der Waals surface area contributed by atoms with Crippen LogP contribution >= 0.6 is 8.15 Å². The first-order chi connectivity index (χ1) is 18.0. The number of quaternary nitrogens is 1. The Morgan fingerprint density at radius 1 is 0.872 bits per heavy atom. The van der Waals surface area contributed by atoms with Crippen LogP contribution in [0.4, 0.5) is 11.4 Å². The van der Waals surface area contributed by atoms with E-state index in [1.54, 1.807) is 0 Å². The van der Waals surface area contributed by atoms with Crippen molar-refractivity contribution in [3.05, 3.63) is 28.3 Å². The van der Waals surface area contributed by atoms with Gasteiger partial charge in [0.05, 0.1) is 31.8 Å². The van der Waals surface area contributed by atoms with Crippen molar-refractivity contribution in [1.29, 1.82) is 0 Å². The molecule has 0 saturated carbocycles. The number of hydrogen-bond donors (Lipinski definition) is 2. The maximum atomic E-state index is 12.6. The number of anilines is 1. The van der Waals surface area contributed by atoms with Gasteiger partial charge in [-0.2, -0.15) is 0 Å². The third-order valence-corrected chi connectivity index (χ3v) is 8.01. The number of non-ortho nitro benzene ring substituents is 1. The minimum Gasteiger partial charge on any atom is -0.870 e. The van der Waals surface area contributed by atoms with Gasteiger partial charge in [0.2, 0.25) is 11.4 Å². The van der Waals surface area contributed by atoms with Gasteiger partial charge in [0.1, 0.15) is 14.7 Å². The molecule has 0 heterocycles. The van der Waals surface area contributed by atoms with Gasteiger partial charge in [-0.05, 0) is 12.5 Å². The first-order valence-electron chi connectivity index (χ1n) is 14.5. The van der Waals surface area contributed by atoms with Gasteiger partial charge in [-0.15, -0.1) is 0 Å².